The van der Waals surface area contributed by atoms with Crippen molar-refractivity contribution in [1.29, 1.82) is 0 Å². The maximum atomic E-state index is 13.2. The molecule has 0 unspecified atom stereocenters. The largest absolute Gasteiger partial charge is 0.294 e. The molecule has 12 heavy (non-hydrogen) atoms. The number of Topliss-reactive ketones (excluding diaryl/α,β-unsaturated/α-hetero) is 1. The van der Waals surface area contributed by atoms with Gasteiger partial charge in [0.05, 0.1) is 0 Å². The number of halogens is 1. The summed E-state index contributed by atoms with van der Waals surface area (Å²) in [5, 5.41) is 0. The lowest BCUT2D eigenvalue weighted by atomic mass is 10.1. The highest BCUT2D eigenvalue weighted by atomic mass is 19.1. The first kappa shape index (κ1) is 11.1. The minimum Gasteiger partial charge on any atom is -0.294 e. The zero-order valence-electron chi connectivity index (χ0n) is 8.07. The molecule has 0 bridgehead atoms. The molecule has 0 aliphatic rings. The number of hydrogen-bond acceptors (Lipinski definition) is 1. The number of carbonyl (C=O) groups is 1. The predicted molar refractivity (Wildman–Crippen MR) is 48.5 cm³/mol. The SMILES string of the molecule is CC=C(C)C(F)=C(C)C(=O)CC. The van der Waals surface area contributed by atoms with Crippen molar-refractivity contribution < 1.29 is 9.18 Å². The lowest BCUT2D eigenvalue weighted by Crippen LogP contribution is -1.99. The van der Waals surface area contributed by atoms with Gasteiger partial charge in [0.25, 0.3) is 0 Å². The first-order chi connectivity index (χ1) is 5.54. The Morgan fingerprint density at radius 1 is 1.42 bits per heavy atom. The highest BCUT2D eigenvalue weighted by Gasteiger charge is 2.09. The molecule has 0 spiro atoms. The molecule has 2 heteroatoms. The Balaban J connectivity index is 4.81. The molecule has 68 valence electrons. The van der Waals surface area contributed by atoms with E-state index in [0.717, 1.165) is 0 Å². The zero-order valence-corrected chi connectivity index (χ0v) is 8.07. The summed E-state index contributed by atoms with van der Waals surface area (Å²) in [4.78, 5) is 11.0. The third-order valence-electron chi connectivity index (χ3n) is 1.85. The Labute approximate surface area is 73.0 Å². The van der Waals surface area contributed by atoms with Crippen molar-refractivity contribution in [2.24, 2.45) is 0 Å². The van der Waals surface area contributed by atoms with E-state index in [2.05, 4.69) is 0 Å². The molecule has 0 N–H and O–H groups in total. The van der Waals surface area contributed by atoms with Gasteiger partial charge in [-0.15, -0.1) is 0 Å². The van der Waals surface area contributed by atoms with Gasteiger partial charge in [-0.05, 0) is 26.3 Å². The third-order valence-corrected chi connectivity index (χ3v) is 1.85. The van der Waals surface area contributed by atoms with Crippen LogP contribution >= 0.6 is 0 Å². The molecule has 0 aromatic carbocycles. The summed E-state index contributed by atoms with van der Waals surface area (Å²) in [6.45, 7) is 6.65. The van der Waals surface area contributed by atoms with Crippen molar-refractivity contribution >= 4 is 5.78 Å². The second-order valence-corrected chi connectivity index (χ2v) is 2.69. The van der Waals surface area contributed by atoms with Gasteiger partial charge in [-0.2, -0.15) is 0 Å². The second kappa shape index (κ2) is 4.86. The molecular weight excluding hydrogens is 155 g/mol. The summed E-state index contributed by atoms with van der Waals surface area (Å²) in [5.74, 6) is -0.516. The predicted octanol–water partition coefficient (Wildman–Crippen LogP) is 3.18. The van der Waals surface area contributed by atoms with Gasteiger partial charge < -0.3 is 0 Å². The standard InChI is InChI=1S/C10H15FO/c1-5-7(3)10(11)8(4)9(12)6-2/h5H,6H2,1-4H3. The van der Waals surface area contributed by atoms with Gasteiger partial charge in [-0.1, -0.05) is 13.0 Å². The topological polar surface area (TPSA) is 17.1 Å². The van der Waals surface area contributed by atoms with E-state index in [9.17, 15) is 9.18 Å². The van der Waals surface area contributed by atoms with Crippen LogP contribution in [0.5, 0.6) is 0 Å². The van der Waals surface area contributed by atoms with E-state index in [-0.39, 0.29) is 17.2 Å². The van der Waals surface area contributed by atoms with Gasteiger partial charge in [0.1, 0.15) is 5.83 Å². The molecule has 0 amide bonds. The molecule has 0 heterocycles. The monoisotopic (exact) mass is 170 g/mol. The molecular formula is C10H15FO. The van der Waals surface area contributed by atoms with Gasteiger partial charge in [0, 0.05) is 12.0 Å². The second-order valence-electron chi connectivity index (χ2n) is 2.69. The molecule has 0 aliphatic carbocycles. The van der Waals surface area contributed by atoms with Crippen LogP contribution in [0.15, 0.2) is 23.0 Å². The Morgan fingerprint density at radius 3 is 2.25 bits per heavy atom. The van der Waals surface area contributed by atoms with Crippen molar-refractivity contribution in [2.75, 3.05) is 0 Å². The number of allylic oxidation sites excluding steroid dienone is 4. The van der Waals surface area contributed by atoms with Crippen molar-refractivity contribution in [3.63, 3.8) is 0 Å². The highest BCUT2D eigenvalue weighted by Crippen LogP contribution is 2.16. The Morgan fingerprint density at radius 2 is 1.92 bits per heavy atom. The fourth-order valence-electron chi connectivity index (χ4n) is 0.810. The lowest BCUT2D eigenvalue weighted by Gasteiger charge is -2.01. The van der Waals surface area contributed by atoms with Crippen LogP contribution in [0.4, 0.5) is 4.39 Å². The number of hydrogen-bond donors (Lipinski definition) is 0. The Kier molecular flexibility index (Phi) is 4.49. The van der Waals surface area contributed by atoms with Crippen molar-refractivity contribution in [1.82, 2.24) is 0 Å². The van der Waals surface area contributed by atoms with Crippen LogP contribution in [-0.4, -0.2) is 5.78 Å². The first-order valence-corrected chi connectivity index (χ1v) is 4.07. The smallest absolute Gasteiger partial charge is 0.161 e. The van der Waals surface area contributed by atoms with E-state index in [1.165, 1.54) is 6.92 Å². The van der Waals surface area contributed by atoms with Crippen LogP contribution in [0, 0.1) is 0 Å². The van der Waals surface area contributed by atoms with E-state index in [4.69, 9.17) is 0 Å². The molecule has 0 aliphatic heterocycles. The summed E-state index contributed by atoms with van der Waals surface area (Å²) in [7, 11) is 0. The van der Waals surface area contributed by atoms with Crippen LogP contribution in [0.2, 0.25) is 0 Å². The number of ketones is 1. The fourth-order valence-corrected chi connectivity index (χ4v) is 0.810. The molecule has 0 fully saturated rings. The van der Waals surface area contributed by atoms with Crippen LogP contribution in [0.3, 0.4) is 0 Å². The van der Waals surface area contributed by atoms with E-state index in [1.54, 1.807) is 26.8 Å². The first-order valence-electron chi connectivity index (χ1n) is 4.07. The molecule has 0 aromatic heterocycles. The lowest BCUT2D eigenvalue weighted by molar-refractivity contribution is -0.115. The summed E-state index contributed by atoms with van der Waals surface area (Å²) < 4.78 is 13.2. The van der Waals surface area contributed by atoms with Crippen LogP contribution in [0.25, 0.3) is 0 Å². The minimum absolute atomic E-state index is 0.131. The summed E-state index contributed by atoms with van der Waals surface area (Å²) in [5.41, 5.74) is 0.752. The normalized spacial score (nSPS) is 14.2. The Bertz CT molecular complexity index is 236. The van der Waals surface area contributed by atoms with E-state index in [1.807, 2.05) is 0 Å². The van der Waals surface area contributed by atoms with Gasteiger partial charge in [0.15, 0.2) is 5.78 Å². The summed E-state index contributed by atoms with van der Waals surface area (Å²) in [6, 6.07) is 0. The molecule has 0 saturated heterocycles. The maximum Gasteiger partial charge on any atom is 0.161 e. The molecule has 0 saturated carbocycles. The highest BCUT2D eigenvalue weighted by molar-refractivity contribution is 5.95. The van der Waals surface area contributed by atoms with E-state index >= 15 is 0 Å². The fraction of sp³-hybridized carbons (Fsp3) is 0.500. The minimum atomic E-state index is -0.385. The van der Waals surface area contributed by atoms with Gasteiger partial charge in [0.2, 0.25) is 0 Å². The molecule has 0 aromatic rings. The average Bonchev–Trinajstić information content (AvgIpc) is 2.12. The zero-order chi connectivity index (χ0) is 9.72. The van der Waals surface area contributed by atoms with Crippen LogP contribution in [-0.2, 0) is 4.79 Å². The van der Waals surface area contributed by atoms with Crippen LogP contribution < -0.4 is 0 Å². The number of rotatable bonds is 3. The Hall–Kier alpha value is -0.920. The average molecular weight is 170 g/mol. The molecule has 1 nitrogen and oxygen atoms in total. The third kappa shape index (κ3) is 2.61. The summed E-state index contributed by atoms with van der Waals surface area (Å²) in [6.07, 6.45) is 2.01. The van der Waals surface area contributed by atoms with Gasteiger partial charge >= 0.3 is 0 Å². The van der Waals surface area contributed by atoms with Crippen molar-refractivity contribution in [3.8, 4) is 0 Å². The quantitative estimate of drug-likeness (QED) is 0.469. The molecule has 0 radical (unpaired) electrons. The van der Waals surface area contributed by atoms with Crippen LogP contribution in [0.1, 0.15) is 34.1 Å². The van der Waals surface area contributed by atoms with E-state index < -0.39 is 0 Å². The summed E-state index contributed by atoms with van der Waals surface area (Å²) >= 11 is 0. The van der Waals surface area contributed by atoms with Gasteiger partial charge in [-0.3, -0.25) is 4.79 Å². The van der Waals surface area contributed by atoms with Crippen molar-refractivity contribution in [2.45, 2.75) is 34.1 Å². The molecule has 0 atom stereocenters. The van der Waals surface area contributed by atoms with E-state index in [0.29, 0.717) is 12.0 Å². The maximum absolute atomic E-state index is 13.2. The number of carbonyl (C=O) groups excluding carboxylic acids is 1. The van der Waals surface area contributed by atoms with Gasteiger partial charge in [-0.25, -0.2) is 4.39 Å². The molecule has 0 rings (SSSR count). The van der Waals surface area contributed by atoms with Crippen molar-refractivity contribution in [3.05, 3.63) is 23.0 Å².